The van der Waals surface area contributed by atoms with Gasteiger partial charge in [-0.1, -0.05) is 19.3 Å². The van der Waals surface area contributed by atoms with Crippen molar-refractivity contribution < 1.29 is 13.9 Å². The maximum atomic E-state index is 14.2. The second-order valence-corrected chi connectivity index (χ2v) is 5.56. The molecule has 0 spiro atoms. The van der Waals surface area contributed by atoms with E-state index in [4.69, 9.17) is 4.42 Å². The normalized spacial score (nSPS) is 16.7. The van der Waals surface area contributed by atoms with Crippen LogP contribution < -0.4 is 5.43 Å². The predicted molar refractivity (Wildman–Crippen MR) is 74.7 cm³/mol. The lowest BCUT2D eigenvalue weighted by atomic mass is 9.84. The quantitative estimate of drug-likeness (QED) is 0.856. The third kappa shape index (κ3) is 1.99. The predicted octanol–water partition coefficient (Wildman–Crippen LogP) is 3.99. The zero-order valence-electron chi connectivity index (χ0n) is 11.4. The molecule has 1 aromatic heterocycles. The number of aromatic hydroxyl groups is 1. The number of phenolic OH excluding ortho intramolecular Hbond substituents is 1. The highest BCUT2D eigenvalue weighted by Crippen LogP contribution is 2.33. The van der Waals surface area contributed by atoms with Crippen molar-refractivity contribution in [3.63, 3.8) is 0 Å². The highest BCUT2D eigenvalue weighted by molar-refractivity contribution is 5.80. The average Bonchev–Trinajstić information content (AvgIpc) is 2.46. The summed E-state index contributed by atoms with van der Waals surface area (Å²) in [7, 11) is 0. The van der Waals surface area contributed by atoms with Gasteiger partial charge < -0.3 is 9.52 Å². The van der Waals surface area contributed by atoms with E-state index in [1.165, 1.54) is 25.7 Å². The molecule has 0 atom stereocenters. The first kappa shape index (κ1) is 13.2. The monoisotopic (exact) mass is 276 g/mol. The Morgan fingerprint density at radius 2 is 2.00 bits per heavy atom. The minimum absolute atomic E-state index is 0.0385. The second-order valence-electron chi connectivity index (χ2n) is 5.56. The molecule has 0 amide bonds. The molecule has 0 unspecified atom stereocenters. The Bertz CT molecular complexity index is 712. The first-order valence-corrected chi connectivity index (χ1v) is 7.03. The van der Waals surface area contributed by atoms with E-state index in [2.05, 4.69) is 0 Å². The van der Waals surface area contributed by atoms with Gasteiger partial charge in [0.25, 0.3) is 0 Å². The van der Waals surface area contributed by atoms with E-state index in [9.17, 15) is 14.3 Å². The number of hydrogen-bond donors (Lipinski definition) is 1. The topological polar surface area (TPSA) is 50.4 Å². The molecule has 3 nitrogen and oxygen atoms in total. The highest BCUT2D eigenvalue weighted by atomic mass is 19.1. The van der Waals surface area contributed by atoms with Gasteiger partial charge in [-0.2, -0.15) is 0 Å². The Balaban J connectivity index is 2.22. The van der Waals surface area contributed by atoms with Crippen LogP contribution in [0.5, 0.6) is 5.75 Å². The van der Waals surface area contributed by atoms with Gasteiger partial charge in [-0.15, -0.1) is 0 Å². The van der Waals surface area contributed by atoms with Crippen molar-refractivity contribution in [3.05, 3.63) is 39.5 Å². The number of rotatable bonds is 1. The van der Waals surface area contributed by atoms with Crippen LogP contribution in [0.2, 0.25) is 0 Å². The Morgan fingerprint density at radius 1 is 1.30 bits per heavy atom. The first-order chi connectivity index (χ1) is 9.59. The second kappa shape index (κ2) is 4.93. The van der Waals surface area contributed by atoms with Crippen molar-refractivity contribution in [1.82, 2.24) is 0 Å². The largest absolute Gasteiger partial charge is 0.507 e. The molecule has 1 aromatic carbocycles. The van der Waals surface area contributed by atoms with Gasteiger partial charge in [0.1, 0.15) is 22.5 Å². The Labute approximate surface area is 116 Å². The van der Waals surface area contributed by atoms with Gasteiger partial charge in [-0.05, 0) is 25.7 Å². The van der Waals surface area contributed by atoms with E-state index < -0.39 is 5.82 Å². The summed E-state index contributed by atoms with van der Waals surface area (Å²) in [6.07, 6.45) is 6.73. The van der Waals surface area contributed by atoms with Crippen LogP contribution in [0.4, 0.5) is 4.39 Å². The first-order valence-electron chi connectivity index (χ1n) is 7.03. The molecule has 1 fully saturated rings. The van der Waals surface area contributed by atoms with Crippen LogP contribution in [-0.4, -0.2) is 5.11 Å². The average molecular weight is 276 g/mol. The Hall–Kier alpha value is -1.84. The molecule has 0 bridgehead atoms. The number of benzene rings is 1. The number of phenols is 1. The van der Waals surface area contributed by atoms with Gasteiger partial charge in [0.15, 0.2) is 5.43 Å². The zero-order chi connectivity index (χ0) is 14.3. The standard InChI is InChI=1S/C16H17FO3/c1-9-12(18)7-13-14(15(9)17)16(19)11(8-20-13)10-5-3-2-4-6-10/h7-8,10,18H,2-6H2,1H3. The fourth-order valence-electron chi connectivity index (χ4n) is 3.04. The maximum absolute atomic E-state index is 14.2. The van der Waals surface area contributed by atoms with E-state index in [1.807, 2.05) is 0 Å². The van der Waals surface area contributed by atoms with Crippen molar-refractivity contribution >= 4 is 11.0 Å². The molecule has 4 heteroatoms. The van der Waals surface area contributed by atoms with Gasteiger partial charge in [0, 0.05) is 17.2 Å². The van der Waals surface area contributed by atoms with Crippen LogP contribution in [0.1, 0.15) is 49.1 Å². The van der Waals surface area contributed by atoms with E-state index in [0.717, 1.165) is 25.7 Å². The Morgan fingerprint density at radius 3 is 2.70 bits per heavy atom. The molecule has 1 saturated carbocycles. The van der Waals surface area contributed by atoms with Crippen molar-refractivity contribution in [1.29, 1.82) is 0 Å². The number of fused-ring (bicyclic) bond motifs is 1. The van der Waals surface area contributed by atoms with E-state index in [1.54, 1.807) is 0 Å². The lowest BCUT2D eigenvalue weighted by molar-refractivity contribution is 0.432. The molecule has 1 aliphatic rings. The van der Waals surface area contributed by atoms with Crippen LogP contribution in [0.25, 0.3) is 11.0 Å². The molecule has 3 rings (SSSR count). The maximum Gasteiger partial charge on any atom is 0.199 e. The van der Waals surface area contributed by atoms with Crippen molar-refractivity contribution in [2.45, 2.75) is 44.9 Å². The molecule has 106 valence electrons. The summed E-state index contributed by atoms with van der Waals surface area (Å²) in [6, 6.07) is 1.31. The fourth-order valence-corrected chi connectivity index (χ4v) is 3.04. The molecule has 2 aromatic rings. The molecule has 0 radical (unpaired) electrons. The zero-order valence-corrected chi connectivity index (χ0v) is 11.4. The van der Waals surface area contributed by atoms with E-state index in [0.29, 0.717) is 5.56 Å². The van der Waals surface area contributed by atoms with Crippen LogP contribution in [0.15, 0.2) is 21.5 Å². The van der Waals surface area contributed by atoms with Gasteiger partial charge >= 0.3 is 0 Å². The molecule has 20 heavy (non-hydrogen) atoms. The van der Waals surface area contributed by atoms with Crippen LogP contribution in [-0.2, 0) is 0 Å². The molecule has 0 aliphatic heterocycles. The summed E-state index contributed by atoms with van der Waals surface area (Å²) in [5, 5.41) is 9.57. The molecule has 1 N–H and O–H groups in total. The third-order valence-corrected chi connectivity index (χ3v) is 4.29. The molecule has 1 heterocycles. The van der Waals surface area contributed by atoms with Crippen molar-refractivity contribution in [2.75, 3.05) is 0 Å². The summed E-state index contributed by atoms with van der Waals surface area (Å²) in [5.41, 5.74) is 0.473. The van der Waals surface area contributed by atoms with Crippen molar-refractivity contribution in [3.8, 4) is 5.75 Å². The lowest BCUT2D eigenvalue weighted by Gasteiger charge is -2.21. The molecule has 0 saturated heterocycles. The minimum atomic E-state index is -0.675. The fraction of sp³-hybridized carbons (Fsp3) is 0.438. The summed E-state index contributed by atoms with van der Waals surface area (Å²) < 4.78 is 19.6. The van der Waals surface area contributed by atoms with Crippen LogP contribution in [0.3, 0.4) is 0 Å². The summed E-state index contributed by atoms with van der Waals surface area (Å²) in [4.78, 5) is 12.5. The van der Waals surface area contributed by atoms with E-state index >= 15 is 0 Å². The lowest BCUT2D eigenvalue weighted by Crippen LogP contribution is -2.17. The smallest absolute Gasteiger partial charge is 0.199 e. The highest BCUT2D eigenvalue weighted by Gasteiger charge is 2.22. The minimum Gasteiger partial charge on any atom is -0.507 e. The van der Waals surface area contributed by atoms with Gasteiger partial charge in [-0.3, -0.25) is 4.79 Å². The summed E-state index contributed by atoms with van der Waals surface area (Å²) >= 11 is 0. The third-order valence-electron chi connectivity index (χ3n) is 4.29. The van der Waals surface area contributed by atoms with Crippen molar-refractivity contribution in [2.24, 2.45) is 0 Å². The summed E-state index contributed by atoms with van der Waals surface area (Å²) in [6.45, 7) is 1.46. The summed E-state index contributed by atoms with van der Waals surface area (Å²) in [5.74, 6) is -0.701. The van der Waals surface area contributed by atoms with Crippen LogP contribution >= 0.6 is 0 Å². The van der Waals surface area contributed by atoms with Crippen LogP contribution in [0, 0.1) is 12.7 Å². The van der Waals surface area contributed by atoms with Gasteiger partial charge in [0.2, 0.25) is 0 Å². The van der Waals surface area contributed by atoms with Gasteiger partial charge in [0.05, 0.1) is 6.26 Å². The SMILES string of the molecule is Cc1c(O)cc2occ(C3CCCCC3)c(=O)c2c1F. The molecular formula is C16H17FO3. The molecular weight excluding hydrogens is 259 g/mol. The van der Waals surface area contributed by atoms with E-state index in [-0.39, 0.29) is 33.6 Å². The Kier molecular flexibility index (Phi) is 3.24. The molecule has 1 aliphatic carbocycles. The number of hydrogen-bond acceptors (Lipinski definition) is 3. The van der Waals surface area contributed by atoms with Gasteiger partial charge in [-0.25, -0.2) is 4.39 Å². The number of halogens is 1.